The normalized spacial score (nSPS) is 16.1. The fourth-order valence-electron chi connectivity index (χ4n) is 3.99. The Kier molecular flexibility index (Phi) is 5.38. The van der Waals surface area contributed by atoms with E-state index in [9.17, 15) is 9.59 Å². The number of aryl methyl sites for hydroxylation is 1. The van der Waals surface area contributed by atoms with Gasteiger partial charge in [0, 0.05) is 32.9 Å². The SMILES string of the molecule is CCOc1ccc(N2C[C@@H](C)Cn3c2nc2c3c(=O)n(CCOC)c(=O)n2C)cc1. The third kappa shape index (κ3) is 3.28. The van der Waals surface area contributed by atoms with Gasteiger partial charge in [-0.15, -0.1) is 0 Å². The van der Waals surface area contributed by atoms with Crippen LogP contribution in [-0.4, -0.2) is 45.6 Å². The van der Waals surface area contributed by atoms with Gasteiger partial charge in [0.05, 0.1) is 19.8 Å². The Morgan fingerprint density at radius 2 is 1.90 bits per heavy atom. The first kappa shape index (κ1) is 20.2. The lowest BCUT2D eigenvalue weighted by atomic mass is 10.1. The van der Waals surface area contributed by atoms with E-state index in [2.05, 4.69) is 11.8 Å². The molecule has 9 heteroatoms. The van der Waals surface area contributed by atoms with Crippen LogP contribution >= 0.6 is 0 Å². The van der Waals surface area contributed by atoms with Crippen molar-refractivity contribution in [3.05, 3.63) is 45.1 Å². The highest BCUT2D eigenvalue weighted by Crippen LogP contribution is 2.33. The minimum atomic E-state index is -0.388. The largest absolute Gasteiger partial charge is 0.494 e. The molecule has 30 heavy (non-hydrogen) atoms. The predicted molar refractivity (Wildman–Crippen MR) is 115 cm³/mol. The molecule has 9 nitrogen and oxygen atoms in total. The molecule has 0 amide bonds. The quantitative estimate of drug-likeness (QED) is 0.612. The molecule has 0 saturated heterocycles. The molecule has 1 aliphatic heterocycles. The van der Waals surface area contributed by atoms with E-state index < -0.39 is 0 Å². The van der Waals surface area contributed by atoms with Crippen LogP contribution in [0.25, 0.3) is 11.2 Å². The number of benzene rings is 1. The Balaban J connectivity index is 1.88. The molecule has 2 aromatic heterocycles. The Hall–Kier alpha value is -3.07. The zero-order chi connectivity index (χ0) is 21.4. The zero-order valence-corrected chi connectivity index (χ0v) is 17.8. The number of fused-ring (bicyclic) bond motifs is 3. The molecule has 0 aliphatic carbocycles. The van der Waals surface area contributed by atoms with Crippen molar-refractivity contribution in [2.75, 3.05) is 31.8 Å². The second-order valence-electron chi connectivity index (χ2n) is 7.63. The average Bonchev–Trinajstić information content (AvgIpc) is 3.12. The number of ether oxygens (including phenoxy) is 2. The monoisotopic (exact) mass is 413 g/mol. The zero-order valence-electron chi connectivity index (χ0n) is 17.8. The van der Waals surface area contributed by atoms with Gasteiger partial charge in [-0.2, -0.15) is 4.98 Å². The first-order valence-electron chi connectivity index (χ1n) is 10.2. The summed E-state index contributed by atoms with van der Waals surface area (Å²) < 4.78 is 15.2. The molecule has 0 radical (unpaired) electrons. The lowest BCUT2D eigenvalue weighted by Crippen LogP contribution is -2.41. The first-order chi connectivity index (χ1) is 14.5. The molecule has 3 heterocycles. The van der Waals surface area contributed by atoms with Crippen LogP contribution < -0.4 is 20.9 Å². The lowest BCUT2D eigenvalue weighted by molar-refractivity contribution is 0.184. The van der Waals surface area contributed by atoms with Crippen molar-refractivity contribution in [2.45, 2.75) is 26.9 Å². The van der Waals surface area contributed by atoms with Crippen LogP contribution in [0.5, 0.6) is 5.75 Å². The van der Waals surface area contributed by atoms with E-state index in [0.717, 1.165) is 18.0 Å². The van der Waals surface area contributed by atoms with Gasteiger partial charge in [0.2, 0.25) is 5.95 Å². The van der Waals surface area contributed by atoms with Gasteiger partial charge in [-0.25, -0.2) is 4.79 Å². The van der Waals surface area contributed by atoms with Crippen LogP contribution in [0, 0.1) is 5.92 Å². The van der Waals surface area contributed by atoms with Crippen LogP contribution in [0.1, 0.15) is 13.8 Å². The molecule has 160 valence electrons. The van der Waals surface area contributed by atoms with Gasteiger partial charge in [0.25, 0.3) is 5.56 Å². The van der Waals surface area contributed by atoms with E-state index >= 15 is 0 Å². The lowest BCUT2D eigenvalue weighted by Gasteiger charge is -2.33. The molecule has 0 unspecified atom stereocenters. The van der Waals surface area contributed by atoms with Crippen molar-refractivity contribution in [1.29, 1.82) is 0 Å². The van der Waals surface area contributed by atoms with Crippen molar-refractivity contribution in [2.24, 2.45) is 13.0 Å². The fourth-order valence-corrected chi connectivity index (χ4v) is 3.99. The highest BCUT2D eigenvalue weighted by molar-refractivity contribution is 5.77. The molecule has 3 aromatic rings. The van der Waals surface area contributed by atoms with E-state index in [0.29, 0.717) is 36.2 Å². The summed E-state index contributed by atoms with van der Waals surface area (Å²) in [7, 11) is 3.20. The van der Waals surface area contributed by atoms with E-state index in [4.69, 9.17) is 14.5 Å². The molecule has 1 aromatic carbocycles. The molecule has 0 spiro atoms. The summed E-state index contributed by atoms with van der Waals surface area (Å²) in [5, 5.41) is 0. The molecule has 4 rings (SSSR count). The summed E-state index contributed by atoms with van der Waals surface area (Å²) in [6.07, 6.45) is 0. The number of rotatable bonds is 6. The van der Waals surface area contributed by atoms with E-state index in [1.165, 1.54) is 9.13 Å². The second-order valence-corrected chi connectivity index (χ2v) is 7.63. The standard InChI is InChI=1S/C21H27N5O4/c1-5-30-16-8-6-15(7-9-16)25-12-14(2)13-26-17-18(22-20(25)26)23(3)21(28)24(19(17)27)10-11-29-4/h6-9,14H,5,10-13H2,1-4H3/t14-/m1/s1. The van der Waals surface area contributed by atoms with Gasteiger partial charge in [0.1, 0.15) is 5.75 Å². The van der Waals surface area contributed by atoms with Crippen molar-refractivity contribution >= 4 is 22.8 Å². The maximum absolute atomic E-state index is 13.2. The highest BCUT2D eigenvalue weighted by atomic mass is 16.5. The Morgan fingerprint density at radius 1 is 1.17 bits per heavy atom. The summed E-state index contributed by atoms with van der Waals surface area (Å²) in [6.45, 7) is 6.63. The van der Waals surface area contributed by atoms with Crippen molar-refractivity contribution in [3.63, 3.8) is 0 Å². The number of imidazole rings is 1. The van der Waals surface area contributed by atoms with Crippen LogP contribution in [0.4, 0.5) is 11.6 Å². The molecular formula is C21H27N5O4. The van der Waals surface area contributed by atoms with Gasteiger partial charge >= 0.3 is 5.69 Å². The van der Waals surface area contributed by atoms with Gasteiger partial charge < -0.3 is 18.9 Å². The number of hydrogen-bond donors (Lipinski definition) is 0. The summed E-state index contributed by atoms with van der Waals surface area (Å²) in [4.78, 5) is 32.7. The number of hydrogen-bond acceptors (Lipinski definition) is 6. The Bertz CT molecular complexity index is 1180. The Labute approximate surface area is 174 Å². The van der Waals surface area contributed by atoms with Crippen molar-refractivity contribution < 1.29 is 9.47 Å². The summed E-state index contributed by atoms with van der Waals surface area (Å²) in [5.74, 6) is 1.78. The van der Waals surface area contributed by atoms with Crippen molar-refractivity contribution in [1.82, 2.24) is 18.7 Å². The maximum Gasteiger partial charge on any atom is 0.332 e. The fraction of sp³-hybridized carbons (Fsp3) is 0.476. The number of aromatic nitrogens is 4. The summed E-state index contributed by atoms with van der Waals surface area (Å²) in [5.41, 5.74) is 1.10. The molecule has 1 atom stereocenters. The van der Waals surface area contributed by atoms with Gasteiger partial charge in [0.15, 0.2) is 11.2 Å². The van der Waals surface area contributed by atoms with Crippen LogP contribution in [-0.2, 0) is 24.9 Å². The topological polar surface area (TPSA) is 83.5 Å². The summed E-state index contributed by atoms with van der Waals surface area (Å²) in [6, 6.07) is 7.84. The third-order valence-corrected chi connectivity index (χ3v) is 5.42. The number of anilines is 2. The minimum Gasteiger partial charge on any atom is -0.494 e. The summed E-state index contributed by atoms with van der Waals surface area (Å²) >= 11 is 0. The van der Waals surface area contributed by atoms with E-state index in [1.807, 2.05) is 35.8 Å². The van der Waals surface area contributed by atoms with E-state index in [-0.39, 0.29) is 24.4 Å². The van der Waals surface area contributed by atoms with Gasteiger partial charge in [-0.3, -0.25) is 13.9 Å². The van der Waals surface area contributed by atoms with Gasteiger partial charge in [-0.05, 0) is 37.1 Å². The molecule has 0 saturated carbocycles. The molecule has 0 N–H and O–H groups in total. The second kappa shape index (κ2) is 7.98. The van der Waals surface area contributed by atoms with Gasteiger partial charge in [-0.1, -0.05) is 6.92 Å². The van der Waals surface area contributed by atoms with Crippen LogP contribution in [0.3, 0.4) is 0 Å². The average molecular weight is 413 g/mol. The Morgan fingerprint density at radius 3 is 2.57 bits per heavy atom. The number of methoxy groups -OCH3 is 1. The molecule has 0 bridgehead atoms. The molecule has 1 aliphatic rings. The van der Waals surface area contributed by atoms with Crippen LogP contribution in [0.2, 0.25) is 0 Å². The maximum atomic E-state index is 13.2. The first-order valence-corrected chi connectivity index (χ1v) is 10.2. The van der Waals surface area contributed by atoms with E-state index in [1.54, 1.807) is 14.2 Å². The smallest absolute Gasteiger partial charge is 0.332 e. The van der Waals surface area contributed by atoms with Crippen molar-refractivity contribution in [3.8, 4) is 5.75 Å². The third-order valence-electron chi connectivity index (χ3n) is 5.42. The molecule has 0 fully saturated rings. The number of nitrogens with zero attached hydrogens (tertiary/aromatic N) is 5. The predicted octanol–water partition coefficient (Wildman–Crippen LogP) is 1.73. The minimum absolute atomic E-state index is 0.205. The molecular weight excluding hydrogens is 386 g/mol. The van der Waals surface area contributed by atoms with Crippen LogP contribution in [0.15, 0.2) is 33.9 Å². The highest BCUT2D eigenvalue weighted by Gasteiger charge is 2.29.